The number of allylic oxidation sites excluding steroid dienone is 4. The Bertz CT molecular complexity index is 949. The fraction of sp³-hybridized carbons (Fsp3) is 0.556. The maximum atomic E-state index is 12.7. The molecule has 2 heterocycles. The third-order valence-electron chi connectivity index (χ3n) is 6.22. The van der Waals surface area contributed by atoms with E-state index >= 15 is 0 Å². The van der Waals surface area contributed by atoms with Crippen LogP contribution in [0.25, 0.3) is 16.6 Å². The van der Waals surface area contributed by atoms with E-state index in [4.69, 9.17) is 15.5 Å². The largest absolute Gasteiger partial charge is 0.381 e. The van der Waals surface area contributed by atoms with Crippen molar-refractivity contribution in [1.29, 1.82) is 0 Å². The summed E-state index contributed by atoms with van der Waals surface area (Å²) in [5.41, 5.74) is 10.8. The summed E-state index contributed by atoms with van der Waals surface area (Å²) in [6, 6.07) is 6.28. The van der Waals surface area contributed by atoms with Gasteiger partial charge in [-0.2, -0.15) is 0 Å². The maximum absolute atomic E-state index is 12.7. The average Bonchev–Trinajstić information content (AvgIpc) is 3.20. The maximum Gasteiger partial charge on any atom is 0.161 e. The van der Waals surface area contributed by atoms with Gasteiger partial charge >= 0.3 is 0 Å². The van der Waals surface area contributed by atoms with E-state index in [9.17, 15) is 4.79 Å². The number of carbonyl (C=O) groups is 1. The van der Waals surface area contributed by atoms with Crippen molar-refractivity contribution in [1.82, 2.24) is 9.55 Å². The van der Waals surface area contributed by atoms with Gasteiger partial charge in [-0.3, -0.25) is 4.79 Å². The molecule has 5 heteroatoms. The standard InChI is InChI=1S/C25H35N3O2.C2H6/c1-5-17(3)24(29)18(4)13-21(6-2)25-27-22-14-20(15-26)7-8-23(22)28(25)16-19-9-11-30-12-10-19;1-2/h6-8,13-14,17,19H,5,9-12,15-16,26H2,1-4H3;1-2H3/b18-13-,21-6+;. The molecule has 0 spiro atoms. The first-order valence-electron chi connectivity index (χ1n) is 12.1. The number of fused-ring (bicyclic) bond motifs is 1. The Morgan fingerprint density at radius 3 is 2.59 bits per heavy atom. The molecule has 1 unspecified atom stereocenters. The number of ether oxygens (including phenoxy) is 1. The number of Topliss-reactive ketones (excluding diaryl/α,β-unsaturated/α-hetero) is 1. The summed E-state index contributed by atoms with van der Waals surface area (Å²) in [6.45, 7) is 15.0. The SMILES string of the molecule is C/C=C(\C=C(\C)C(=O)C(C)CC)c1nc2cc(CN)ccc2n1CC1CCOCC1.CC. The molecule has 1 aliphatic heterocycles. The van der Waals surface area contributed by atoms with E-state index in [1.165, 1.54) is 0 Å². The van der Waals surface area contributed by atoms with Crippen LogP contribution in [0.5, 0.6) is 0 Å². The topological polar surface area (TPSA) is 70.1 Å². The van der Waals surface area contributed by atoms with E-state index in [1.807, 2.05) is 40.7 Å². The molecule has 0 radical (unpaired) electrons. The number of ketones is 1. The number of nitrogens with two attached hydrogens (primary N) is 1. The lowest BCUT2D eigenvalue weighted by Gasteiger charge is -2.23. The Morgan fingerprint density at radius 1 is 1.31 bits per heavy atom. The van der Waals surface area contributed by atoms with Crippen molar-refractivity contribution in [3.05, 3.63) is 47.3 Å². The van der Waals surface area contributed by atoms with E-state index in [0.29, 0.717) is 12.5 Å². The number of carbonyl (C=O) groups excluding carboxylic acids is 1. The summed E-state index contributed by atoms with van der Waals surface area (Å²) >= 11 is 0. The Kier molecular flexibility index (Phi) is 10.3. The predicted octanol–water partition coefficient (Wildman–Crippen LogP) is 5.91. The van der Waals surface area contributed by atoms with Gasteiger partial charge in [-0.1, -0.05) is 39.8 Å². The van der Waals surface area contributed by atoms with Crippen molar-refractivity contribution < 1.29 is 9.53 Å². The summed E-state index contributed by atoms with van der Waals surface area (Å²) < 4.78 is 7.87. The molecule has 5 nitrogen and oxygen atoms in total. The monoisotopic (exact) mass is 439 g/mol. The van der Waals surface area contributed by atoms with Crippen LogP contribution in [0.15, 0.2) is 35.9 Å². The molecule has 1 atom stereocenters. The van der Waals surface area contributed by atoms with E-state index in [1.54, 1.807) is 0 Å². The summed E-state index contributed by atoms with van der Waals surface area (Å²) in [5, 5.41) is 0. The van der Waals surface area contributed by atoms with Crippen molar-refractivity contribution in [3.8, 4) is 0 Å². The molecular formula is C27H41N3O2. The van der Waals surface area contributed by atoms with Gasteiger partial charge in [-0.05, 0) is 68.4 Å². The van der Waals surface area contributed by atoms with Crippen molar-refractivity contribution >= 4 is 22.4 Å². The van der Waals surface area contributed by atoms with Gasteiger partial charge in [0.15, 0.2) is 5.78 Å². The van der Waals surface area contributed by atoms with Crippen LogP contribution in [0.3, 0.4) is 0 Å². The molecule has 1 aliphatic rings. The smallest absolute Gasteiger partial charge is 0.161 e. The molecule has 2 N–H and O–H groups in total. The summed E-state index contributed by atoms with van der Waals surface area (Å²) in [4.78, 5) is 17.7. The number of imidazole rings is 1. The van der Waals surface area contributed by atoms with E-state index in [0.717, 1.165) is 72.6 Å². The summed E-state index contributed by atoms with van der Waals surface area (Å²) in [5.74, 6) is 1.72. The Labute approximate surface area is 193 Å². The van der Waals surface area contributed by atoms with Crippen LogP contribution < -0.4 is 5.73 Å². The van der Waals surface area contributed by atoms with Crippen molar-refractivity contribution in [2.24, 2.45) is 17.6 Å². The van der Waals surface area contributed by atoms with Crippen LogP contribution in [-0.4, -0.2) is 28.5 Å². The van der Waals surface area contributed by atoms with Crippen LogP contribution in [-0.2, 0) is 22.6 Å². The lowest BCUT2D eigenvalue weighted by atomic mass is 9.96. The fourth-order valence-corrected chi connectivity index (χ4v) is 4.05. The summed E-state index contributed by atoms with van der Waals surface area (Å²) in [6.07, 6.45) is 7.03. The van der Waals surface area contributed by atoms with Gasteiger partial charge in [0.2, 0.25) is 0 Å². The number of aromatic nitrogens is 2. The zero-order valence-electron chi connectivity index (χ0n) is 20.8. The van der Waals surface area contributed by atoms with Gasteiger partial charge in [0, 0.05) is 37.8 Å². The molecule has 1 fully saturated rings. The summed E-state index contributed by atoms with van der Waals surface area (Å²) in [7, 11) is 0. The number of benzene rings is 1. The molecule has 176 valence electrons. The van der Waals surface area contributed by atoms with Crippen molar-refractivity contribution in [2.45, 2.75) is 73.9 Å². The van der Waals surface area contributed by atoms with Crippen LogP contribution in [0.4, 0.5) is 0 Å². The van der Waals surface area contributed by atoms with Gasteiger partial charge in [0.1, 0.15) is 5.82 Å². The Morgan fingerprint density at radius 2 is 2.00 bits per heavy atom. The van der Waals surface area contributed by atoms with E-state index in [-0.39, 0.29) is 11.7 Å². The molecule has 0 bridgehead atoms. The zero-order valence-corrected chi connectivity index (χ0v) is 20.8. The van der Waals surface area contributed by atoms with Crippen LogP contribution in [0.1, 0.15) is 72.2 Å². The predicted molar refractivity (Wildman–Crippen MR) is 134 cm³/mol. The minimum Gasteiger partial charge on any atom is -0.381 e. The highest BCUT2D eigenvalue weighted by Crippen LogP contribution is 2.28. The molecule has 0 saturated carbocycles. The zero-order chi connectivity index (χ0) is 23.7. The second kappa shape index (κ2) is 12.7. The van der Waals surface area contributed by atoms with Crippen molar-refractivity contribution in [3.63, 3.8) is 0 Å². The van der Waals surface area contributed by atoms with Gasteiger partial charge < -0.3 is 15.0 Å². The number of hydrogen-bond donors (Lipinski definition) is 1. The Balaban J connectivity index is 0.00000176. The second-order valence-corrected chi connectivity index (χ2v) is 8.37. The first kappa shape index (κ1) is 26.0. The highest BCUT2D eigenvalue weighted by molar-refractivity contribution is 5.99. The number of rotatable bonds is 8. The third kappa shape index (κ3) is 6.17. The first-order valence-corrected chi connectivity index (χ1v) is 12.1. The van der Waals surface area contributed by atoms with Gasteiger partial charge in [0.25, 0.3) is 0 Å². The number of nitrogens with zero attached hydrogens (tertiary/aromatic N) is 2. The quantitative estimate of drug-likeness (QED) is 0.410. The molecule has 1 saturated heterocycles. The molecule has 1 aromatic carbocycles. The average molecular weight is 440 g/mol. The number of hydrogen-bond acceptors (Lipinski definition) is 4. The Hall–Kier alpha value is -2.24. The van der Waals surface area contributed by atoms with Gasteiger partial charge in [-0.15, -0.1) is 0 Å². The molecule has 0 aliphatic carbocycles. The van der Waals surface area contributed by atoms with Crippen molar-refractivity contribution in [2.75, 3.05) is 13.2 Å². The normalized spacial score (nSPS) is 16.6. The van der Waals surface area contributed by atoms with Gasteiger partial charge in [-0.25, -0.2) is 4.98 Å². The van der Waals surface area contributed by atoms with Crippen LogP contribution >= 0.6 is 0 Å². The first-order chi connectivity index (χ1) is 15.5. The molecular weight excluding hydrogens is 398 g/mol. The highest BCUT2D eigenvalue weighted by Gasteiger charge is 2.21. The van der Waals surface area contributed by atoms with Crippen LogP contribution in [0, 0.1) is 11.8 Å². The second-order valence-electron chi connectivity index (χ2n) is 8.37. The van der Waals surface area contributed by atoms with E-state index < -0.39 is 0 Å². The minimum absolute atomic E-state index is 0.0347. The lowest BCUT2D eigenvalue weighted by molar-refractivity contribution is -0.118. The highest BCUT2D eigenvalue weighted by atomic mass is 16.5. The van der Waals surface area contributed by atoms with Gasteiger partial charge in [0.05, 0.1) is 11.0 Å². The molecule has 1 aromatic heterocycles. The van der Waals surface area contributed by atoms with E-state index in [2.05, 4.69) is 35.8 Å². The molecule has 3 rings (SSSR count). The molecule has 2 aromatic rings. The molecule has 0 amide bonds. The third-order valence-corrected chi connectivity index (χ3v) is 6.22. The fourth-order valence-electron chi connectivity index (χ4n) is 4.05. The minimum atomic E-state index is 0.0347. The lowest BCUT2D eigenvalue weighted by Crippen LogP contribution is -2.21. The van der Waals surface area contributed by atoms with Crippen LogP contribution in [0.2, 0.25) is 0 Å². The molecule has 32 heavy (non-hydrogen) atoms.